The Morgan fingerprint density at radius 2 is 2.05 bits per heavy atom. The van der Waals surface area contributed by atoms with Gasteiger partial charge in [-0.05, 0) is 25.1 Å². The second-order valence-electron chi connectivity index (χ2n) is 4.13. The van der Waals surface area contributed by atoms with Crippen molar-refractivity contribution >= 4 is 29.3 Å². The number of fused-ring (bicyclic) bond motifs is 1. The molecule has 0 aliphatic carbocycles. The van der Waals surface area contributed by atoms with Crippen LogP contribution in [0.2, 0.25) is 5.02 Å². The fraction of sp³-hybridized carbons (Fsp3) is 0.0769. The number of nitrogens with one attached hydrogen (secondary N) is 1. The lowest BCUT2D eigenvalue weighted by molar-refractivity contribution is 0.875. The Morgan fingerprint density at radius 1 is 1.20 bits per heavy atom. The van der Waals surface area contributed by atoms with Gasteiger partial charge >= 0.3 is 0 Å². The SMILES string of the molecule is Cc1nnc2ccc(N/N=C/c3ccccc3Cl)nn12. The largest absolute Gasteiger partial charge is 0.260 e. The molecule has 0 amide bonds. The molecule has 3 rings (SSSR count). The summed E-state index contributed by atoms with van der Waals surface area (Å²) >= 11 is 6.03. The minimum atomic E-state index is 0.601. The van der Waals surface area contributed by atoms with Crippen LogP contribution in [0.15, 0.2) is 41.5 Å². The quantitative estimate of drug-likeness (QED) is 0.593. The first kappa shape index (κ1) is 12.6. The Bertz CT molecular complexity index is 779. The summed E-state index contributed by atoms with van der Waals surface area (Å²) in [5.41, 5.74) is 4.39. The number of halogens is 1. The van der Waals surface area contributed by atoms with Crippen LogP contribution < -0.4 is 5.43 Å². The van der Waals surface area contributed by atoms with E-state index in [4.69, 9.17) is 11.6 Å². The third-order valence-corrected chi connectivity index (χ3v) is 3.05. The molecule has 1 N–H and O–H groups in total. The predicted octanol–water partition coefficient (Wildman–Crippen LogP) is 2.53. The van der Waals surface area contributed by atoms with Gasteiger partial charge in [0, 0.05) is 10.6 Å². The fourth-order valence-corrected chi connectivity index (χ4v) is 1.89. The molecule has 0 radical (unpaired) electrons. The van der Waals surface area contributed by atoms with Crippen LogP contribution in [0.3, 0.4) is 0 Å². The second-order valence-corrected chi connectivity index (χ2v) is 4.53. The van der Waals surface area contributed by atoms with Crippen molar-refractivity contribution in [2.75, 3.05) is 5.43 Å². The summed E-state index contributed by atoms with van der Waals surface area (Å²) in [6.45, 7) is 1.84. The van der Waals surface area contributed by atoms with Crippen LogP contribution in [0, 0.1) is 6.92 Å². The fourth-order valence-electron chi connectivity index (χ4n) is 1.70. The second kappa shape index (κ2) is 5.26. The first-order chi connectivity index (χ1) is 9.74. The van der Waals surface area contributed by atoms with E-state index in [1.54, 1.807) is 16.8 Å². The topological polar surface area (TPSA) is 67.5 Å². The summed E-state index contributed by atoms with van der Waals surface area (Å²) in [4.78, 5) is 0. The zero-order valence-corrected chi connectivity index (χ0v) is 11.4. The summed E-state index contributed by atoms with van der Waals surface area (Å²) in [5.74, 6) is 1.32. The normalized spacial score (nSPS) is 11.3. The molecule has 2 aromatic heterocycles. The van der Waals surface area contributed by atoms with E-state index in [0.29, 0.717) is 16.5 Å². The van der Waals surface area contributed by atoms with Crippen LogP contribution in [0.1, 0.15) is 11.4 Å². The van der Waals surface area contributed by atoms with Crippen LogP contribution in [0.5, 0.6) is 0 Å². The molecular weight excluding hydrogens is 276 g/mol. The van der Waals surface area contributed by atoms with E-state index in [-0.39, 0.29) is 0 Å². The number of hydrogen-bond donors (Lipinski definition) is 1. The van der Waals surface area contributed by atoms with Crippen molar-refractivity contribution in [2.24, 2.45) is 5.10 Å². The average molecular weight is 287 g/mol. The van der Waals surface area contributed by atoms with Crippen LogP contribution in [-0.4, -0.2) is 26.0 Å². The molecule has 100 valence electrons. The minimum absolute atomic E-state index is 0.601. The van der Waals surface area contributed by atoms with E-state index in [9.17, 15) is 0 Å². The highest BCUT2D eigenvalue weighted by Gasteiger charge is 2.02. The number of hydrogen-bond acceptors (Lipinski definition) is 5. The highest BCUT2D eigenvalue weighted by Crippen LogP contribution is 2.12. The van der Waals surface area contributed by atoms with Gasteiger partial charge in [-0.15, -0.1) is 15.3 Å². The summed E-state index contributed by atoms with van der Waals surface area (Å²) in [7, 11) is 0. The molecule has 1 aromatic carbocycles. The lowest BCUT2D eigenvalue weighted by atomic mass is 10.2. The highest BCUT2D eigenvalue weighted by molar-refractivity contribution is 6.33. The van der Waals surface area contributed by atoms with Crippen molar-refractivity contribution in [3.8, 4) is 0 Å². The molecule has 7 heteroatoms. The van der Waals surface area contributed by atoms with Gasteiger partial charge in [0.1, 0.15) is 0 Å². The van der Waals surface area contributed by atoms with Gasteiger partial charge in [0.05, 0.1) is 6.21 Å². The smallest absolute Gasteiger partial charge is 0.178 e. The summed E-state index contributed by atoms with van der Waals surface area (Å²) in [6.07, 6.45) is 1.65. The van der Waals surface area contributed by atoms with E-state index < -0.39 is 0 Å². The molecule has 0 bridgehead atoms. The standard InChI is InChI=1S/C13H11ClN6/c1-9-16-18-13-7-6-12(19-20(9)13)17-15-8-10-4-2-3-5-11(10)14/h2-8H,1H3,(H,17,19)/b15-8+. The van der Waals surface area contributed by atoms with E-state index in [1.165, 1.54) is 0 Å². The van der Waals surface area contributed by atoms with E-state index in [0.717, 1.165) is 11.4 Å². The zero-order valence-electron chi connectivity index (χ0n) is 10.7. The van der Waals surface area contributed by atoms with Gasteiger partial charge in [0.25, 0.3) is 0 Å². The van der Waals surface area contributed by atoms with Crippen molar-refractivity contribution < 1.29 is 0 Å². The molecule has 0 unspecified atom stereocenters. The Balaban J connectivity index is 1.80. The molecule has 0 saturated heterocycles. The van der Waals surface area contributed by atoms with E-state index in [2.05, 4.69) is 25.8 Å². The maximum absolute atomic E-state index is 6.03. The third-order valence-electron chi connectivity index (χ3n) is 2.71. The van der Waals surface area contributed by atoms with Crippen molar-refractivity contribution in [1.82, 2.24) is 19.8 Å². The summed E-state index contributed by atoms with van der Waals surface area (Å²) in [5, 5.41) is 17.0. The monoisotopic (exact) mass is 286 g/mol. The lowest BCUT2D eigenvalue weighted by Crippen LogP contribution is -2.00. The highest BCUT2D eigenvalue weighted by atomic mass is 35.5. The molecule has 0 spiro atoms. The maximum Gasteiger partial charge on any atom is 0.178 e. The number of anilines is 1. The molecule has 0 aliphatic heterocycles. The molecule has 0 saturated carbocycles. The van der Waals surface area contributed by atoms with Crippen molar-refractivity contribution in [2.45, 2.75) is 6.92 Å². The summed E-state index contributed by atoms with van der Waals surface area (Å²) in [6, 6.07) is 11.1. The Hall–Kier alpha value is -2.47. The number of nitrogens with zero attached hydrogens (tertiary/aromatic N) is 5. The van der Waals surface area contributed by atoms with Gasteiger partial charge in [-0.2, -0.15) is 9.62 Å². The zero-order chi connectivity index (χ0) is 13.9. The molecule has 0 fully saturated rings. The number of rotatable bonds is 3. The average Bonchev–Trinajstić information content (AvgIpc) is 2.82. The molecule has 20 heavy (non-hydrogen) atoms. The molecular formula is C13H11ClN6. The van der Waals surface area contributed by atoms with Gasteiger partial charge in [-0.3, -0.25) is 5.43 Å². The summed E-state index contributed by atoms with van der Waals surface area (Å²) < 4.78 is 1.65. The molecule has 3 aromatic rings. The lowest BCUT2D eigenvalue weighted by Gasteiger charge is -2.00. The molecule has 0 atom stereocenters. The number of benzene rings is 1. The molecule has 6 nitrogen and oxygen atoms in total. The van der Waals surface area contributed by atoms with Crippen molar-refractivity contribution in [3.05, 3.63) is 52.8 Å². The van der Waals surface area contributed by atoms with Crippen LogP contribution in [-0.2, 0) is 0 Å². The first-order valence-corrected chi connectivity index (χ1v) is 6.34. The predicted molar refractivity (Wildman–Crippen MR) is 78.2 cm³/mol. The van der Waals surface area contributed by atoms with Gasteiger partial charge in [-0.1, -0.05) is 29.8 Å². The van der Waals surface area contributed by atoms with Gasteiger partial charge in [-0.25, -0.2) is 0 Å². The van der Waals surface area contributed by atoms with Crippen LogP contribution >= 0.6 is 11.6 Å². The van der Waals surface area contributed by atoms with Gasteiger partial charge in [0.15, 0.2) is 17.3 Å². The molecule has 0 aliphatic rings. The maximum atomic E-state index is 6.03. The number of hydrazone groups is 1. The number of aryl methyl sites for hydroxylation is 1. The number of aromatic nitrogens is 4. The van der Waals surface area contributed by atoms with Crippen LogP contribution in [0.25, 0.3) is 5.65 Å². The Kier molecular flexibility index (Phi) is 3.30. The van der Waals surface area contributed by atoms with E-state index >= 15 is 0 Å². The first-order valence-electron chi connectivity index (χ1n) is 5.97. The third kappa shape index (κ3) is 2.46. The van der Waals surface area contributed by atoms with Crippen LogP contribution in [0.4, 0.5) is 5.82 Å². The van der Waals surface area contributed by atoms with E-state index in [1.807, 2.05) is 37.3 Å². The van der Waals surface area contributed by atoms with Gasteiger partial charge in [0.2, 0.25) is 0 Å². The van der Waals surface area contributed by atoms with Gasteiger partial charge < -0.3 is 0 Å². The Labute approximate surface area is 120 Å². The Morgan fingerprint density at radius 3 is 2.90 bits per heavy atom. The minimum Gasteiger partial charge on any atom is -0.260 e. The van der Waals surface area contributed by atoms with Crippen molar-refractivity contribution in [1.29, 1.82) is 0 Å². The van der Waals surface area contributed by atoms with Crippen molar-refractivity contribution in [3.63, 3.8) is 0 Å². The molecule has 2 heterocycles.